The number of amides is 2. The molecule has 1 aromatic heterocycles. The fourth-order valence-corrected chi connectivity index (χ4v) is 2.56. The summed E-state index contributed by atoms with van der Waals surface area (Å²) in [5.41, 5.74) is 2.35. The van der Waals surface area contributed by atoms with Crippen LogP contribution in [0, 0.1) is 18.3 Å². The molecule has 144 valence electrons. The van der Waals surface area contributed by atoms with Gasteiger partial charge in [0.15, 0.2) is 0 Å². The second-order valence-electron chi connectivity index (χ2n) is 6.23. The van der Waals surface area contributed by atoms with Gasteiger partial charge in [0.05, 0.1) is 30.0 Å². The lowest BCUT2D eigenvalue weighted by molar-refractivity contribution is 0.102. The number of carbonyl (C=O) groups excluding carboxylic acids is 2. The van der Waals surface area contributed by atoms with Gasteiger partial charge in [0, 0.05) is 11.8 Å². The Morgan fingerprint density at radius 1 is 1.00 bits per heavy atom. The number of nitrogens with one attached hydrogen (secondary N) is 2. The van der Waals surface area contributed by atoms with E-state index in [4.69, 9.17) is 10.00 Å². The largest absolute Gasteiger partial charge is 0.497 e. The Labute approximate surface area is 168 Å². The second kappa shape index (κ2) is 8.67. The number of methoxy groups -OCH3 is 1. The Bertz CT molecular complexity index is 1080. The average Bonchev–Trinajstić information content (AvgIpc) is 2.75. The monoisotopic (exact) mass is 386 g/mol. The number of ether oxygens (including phenoxy) is 1. The maximum Gasteiger partial charge on any atom is 0.259 e. The van der Waals surface area contributed by atoms with Gasteiger partial charge in [-0.2, -0.15) is 5.26 Å². The fourth-order valence-electron chi connectivity index (χ4n) is 2.56. The Kier molecular flexibility index (Phi) is 5.85. The van der Waals surface area contributed by atoms with E-state index in [2.05, 4.69) is 15.6 Å². The van der Waals surface area contributed by atoms with Gasteiger partial charge in [-0.3, -0.25) is 9.59 Å². The molecule has 0 fully saturated rings. The van der Waals surface area contributed by atoms with Gasteiger partial charge in [-0.1, -0.05) is 6.07 Å². The van der Waals surface area contributed by atoms with Crippen molar-refractivity contribution in [2.75, 3.05) is 17.7 Å². The number of benzene rings is 2. The summed E-state index contributed by atoms with van der Waals surface area (Å²) in [5, 5.41) is 14.3. The number of aryl methyl sites for hydroxylation is 1. The third kappa shape index (κ3) is 4.76. The lowest BCUT2D eigenvalue weighted by Gasteiger charge is -2.13. The van der Waals surface area contributed by atoms with E-state index in [0.717, 1.165) is 5.56 Å². The van der Waals surface area contributed by atoms with E-state index in [1.165, 1.54) is 13.2 Å². The van der Waals surface area contributed by atoms with Gasteiger partial charge in [0.25, 0.3) is 11.8 Å². The van der Waals surface area contributed by atoms with Crippen LogP contribution in [-0.4, -0.2) is 23.9 Å². The molecule has 1 heterocycles. The zero-order chi connectivity index (χ0) is 20.8. The molecule has 0 unspecified atom stereocenters. The van der Waals surface area contributed by atoms with E-state index in [-0.39, 0.29) is 5.56 Å². The molecule has 2 N–H and O–H groups in total. The summed E-state index contributed by atoms with van der Waals surface area (Å²) in [6.45, 7) is 1.90. The molecule has 2 aromatic carbocycles. The van der Waals surface area contributed by atoms with Gasteiger partial charge in [0.1, 0.15) is 11.6 Å². The van der Waals surface area contributed by atoms with Crippen molar-refractivity contribution in [3.05, 3.63) is 83.0 Å². The van der Waals surface area contributed by atoms with E-state index >= 15 is 0 Å². The average molecular weight is 386 g/mol. The molecule has 2 amide bonds. The second-order valence-corrected chi connectivity index (χ2v) is 6.23. The quantitative estimate of drug-likeness (QED) is 0.694. The molecule has 0 aliphatic rings. The number of pyridine rings is 1. The van der Waals surface area contributed by atoms with Crippen LogP contribution >= 0.6 is 0 Å². The number of rotatable bonds is 5. The van der Waals surface area contributed by atoms with Gasteiger partial charge >= 0.3 is 0 Å². The smallest absolute Gasteiger partial charge is 0.259 e. The Hall–Kier alpha value is -4.18. The van der Waals surface area contributed by atoms with E-state index in [1.54, 1.807) is 48.7 Å². The number of hydrogen-bond acceptors (Lipinski definition) is 5. The number of nitriles is 1. The molecule has 0 saturated carbocycles. The first kappa shape index (κ1) is 19.6. The predicted octanol–water partition coefficient (Wildman–Crippen LogP) is 3.77. The van der Waals surface area contributed by atoms with Crippen LogP contribution in [0.25, 0.3) is 0 Å². The van der Waals surface area contributed by atoms with Crippen LogP contribution in [-0.2, 0) is 0 Å². The zero-order valence-electron chi connectivity index (χ0n) is 15.9. The maximum absolute atomic E-state index is 12.8. The zero-order valence-corrected chi connectivity index (χ0v) is 15.9. The molecule has 0 bridgehead atoms. The lowest BCUT2D eigenvalue weighted by Crippen LogP contribution is -2.19. The first-order chi connectivity index (χ1) is 14.0. The van der Waals surface area contributed by atoms with Crippen molar-refractivity contribution < 1.29 is 14.3 Å². The van der Waals surface area contributed by atoms with Crippen molar-refractivity contribution in [1.29, 1.82) is 5.26 Å². The van der Waals surface area contributed by atoms with Crippen LogP contribution < -0.4 is 15.4 Å². The molecule has 0 atom stereocenters. The van der Waals surface area contributed by atoms with Crippen molar-refractivity contribution in [2.45, 2.75) is 6.92 Å². The molecule has 0 spiro atoms. The summed E-state index contributed by atoms with van der Waals surface area (Å²) in [5.74, 6) is 0.0359. The van der Waals surface area contributed by atoms with Crippen molar-refractivity contribution in [3.8, 4) is 11.8 Å². The Balaban J connectivity index is 1.86. The van der Waals surface area contributed by atoms with Crippen molar-refractivity contribution in [2.24, 2.45) is 0 Å². The Morgan fingerprint density at radius 2 is 1.76 bits per heavy atom. The number of hydrogen-bond donors (Lipinski definition) is 2. The maximum atomic E-state index is 12.8. The number of aromatic nitrogens is 1. The molecule has 3 rings (SSSR count). The highest BCUT2D eigenvalue weighted by atomic mass is 16.5. The molecular weight excluding hydrogens is 368 g/mol. The highest BCUT2D eigenvalue weighted by molar-refractivity contribution is 6.12. The van der Waals surface area contributed by atoms with Crippen LogP contribution in [0.5, 0.6) is 5.75 Å². The first-order valence-electron chi connectivity index (χ1n) is 8.73. The van der Waals surface area contributed by atoms with Crippen LogP contribution in [0.3, 0.4) is 0 Å². The summed E-state index contributed by atoms with van der Waals surface area (Å²) in [7, 11) is 1.49. The standard InChI is InChI=1S/C22H18N4O3/c1-14-3-10-20(24-13-14)26-22(28)18-11-17(29-2)8-9-19(18)25-21(27)16-6-4-15(12-23)5-7-16/h3-11,13H,1-2H3,(H,25,27)(H,24,26,28). The summed E-state index contributed by atoms with van der Waals surface area (Å²) in [4.78, 5) is 29.5. The van der Waals surface area contributed by atoms with Crippen molar-refractivity contribution >= 4 is 23.3 Å². The summed E-state index contributed by atoms with van der Waals surface area (Å²) in [6, 6.07) is 16.5. The van der Waals surface area contributed by atoms with Crippen molar-refractivity contribution in [1.82, 2.24) is 4.98 Å². The fraction of sp³-hybridized carbons (Fsp3) is 0.0909. The molecule has 0 saturated heterocycles. The SMILES string of the molecule is COc1ccc(NC(=O)c2ccc(C#N)cc2)c(C(=O)Nc2ccc(C)cn2)c1. The van der Waals surface area contributed by atoms with Crippen LogP contribution in [0.15, 0.2) is 60.8 Å². The molecule has 0 radical (unpaired) electrons. The highest BCUT2D eigenvalue weighted by Gasteiger charge is 2.16. The highest BCUT2D eigenvalue weighted by Crippen LogP contribution is 2.24. The minimum absolute atomic E-state index is 0.230. The third-order valence-electron chi connectivity index (χ3n) is 4.15. The van der Waals surface area contributed by atoms with E-state index in [0.29, 0.717) is 28.4 Å². The molecule has 0 aliphatic heterocycles. The number of anilines is 2. The summed E-state index contributed by atoms with van der Waals surface area (Å²) in [6.07, 6.45) is 1.65. The molecule has 7 nitrogen and oxygen atoms in total. The molecular formula is C22H18N4O3. The number of carbonyl (C=O) groups is 2. The topological polar surface area (TPSA) is 104 Å². The molecule has 7 heteroatoms. The van der Waals surface area contributed by atoms with Gasteiger partial charge in [-0.05, 0) is 61.0 Å². The van der Waals surface area contributed by atoms with Crippen LogP contribution in [0.2, 0.25) is 0 Å². The van der Waals surface area contributed by atoms with E-state index in [9.17, 15) is 9.59 Å². The van der Waals surface area contributed by atoms with Gasteiger partial charge in [-0.25, -0.2) is 4.98 Å². The summed E-state index contributed by atoms with van der Waals surface area (Å²) < 4.78 is 5.20. The molecule has 3 aromatic rings. The van der Waals surface area contributed by atoms with Crippen LogP contribution in [0.4, 0.5) is 11.5 Å². The van der Waals surface area contributed by atoms with Crippen molar-refractivity contribution in [3.63, 3.8) is 0 Å². The van der Waals surface area contributed by atoms with Crippen LogP contribution in [0.1, 0.15) is 31.8 Å². The van der Waals surface area contributed by atoms with Gasteiger partial charge in [0.2, 0.25) is 0 Å². The number of nitrogens with zero attached hydrogens (tertiary/aromatic N) is 2. The van der Waals surface area contributed by atoms with Gasteiger partial charge in [-0.15, -0.1) is 0 Å². The van der Waals surface area contributed by atoms with E-state index < -0.39 is 11.8 Å². The predicted molar refractivity (Wildman–Crippen MR) is 109 cm³/mol. The van der Waals surface area contributed by atoms with Gasteiger partial charge < -0.3 is 15.4 Å². The minimum atomic E-state index is -0.435. The normalized spacial score (nSPS) is 9.97. The lowest BCUT2D eigenvalue weighted by atomic mass is 10.1. The molecule has 0 aliphatic carbocycles. The summed E-state index contributed by atoms with van der Waals surface area (Å²) >= 11 is 0. The third-order valence-corrected chi connectivity index (χ3v) is 4.15. The van der Waals surface area contributed by atoms with E-state index in [1.807, 2.05) is 19.1 Å². The Morgan fingerprint density at radius 3 is 2.38 bits per heavy atom. The molecule has 29 heavy (non-hydrogen) atoms. The first-order valence-corrected chi connectivity index (χ1v) is 8.73. The minimum Gasteiger partial charge on any atom is -0.497 e.